The summed E-state index contributed by atoms with van der Waals surface area (Å²) in [5, 5.41) is 12.9. The van der Waals surface area contributed by atoms with Gasteiger partial charge in [-0.05, 0) is 17.7 Å². The average molecular weight is 295 g/mol. The number of benzene rings is 1. The molecule has 3 rings (SSSR count). The van der Waals surface area contributed by atoms with Crippen molar-refractivity contribution in [2.24, 2.45) is 0 Å². The van der Waals surface area contributed by atoms with Gasteiger partial charge in [-0.3, -0.25) is 14.6 Å². The number of aromatic amines is 1. The van der Waals surface area contributed by atoms with Gasteiger partial charge in [-0.1, -0.05) is 24.3 Å². The Labute approximate surface area is 125 Å². The fourth-order valence-electron chi connectivity index (χ4n) is 2.24. The Balaban J connectivity index is 1.80. The van der Waals surface area contributed by atoms with Crippen LogP contribution >= 0.6 is 0 Å². The number of hydrogen-bond donors (Lipinski definition) is 3. The number of hydrogen-bond acceptors (Lipinski definition) is 4. The zero-order chi connectivity index (χ0) is 15.5. The maximum atomic E-state index is 12.3. The van der Waals surface area contributed by atoms with E-state index in [1.165, 1.54) is 0 Å². The summed E-state index contributed by atoms with van der Waals surface area (Å²) < 4.78 is 0. The minimum atomic E-state index is -0.779. The number of carbonyl (C=O) groups is 2. The summed E-state index contributed by atoms with van der Waals surface area (Å²) in [6.07, 6.45) is 3.23. The van der Waals surface area contributed by atoms with E-state index >= 15 is 0 Å². The normalized spacial score (nSPS) is 10.5. The van der Waals surface area contributed by atoms with Crippen molar-refractivity contribution < 1.29 is 14.7 Å². The van der Waals surface area contributed by atoms with Gasteiger partial charge in [0.25, 0.3) is 11.7 Å². The number of para-hydroxylation sites is 1. The Hall–Kier alpha value is -3.15. The average Bonchev–Trinajstić information content (AvgIpc) is 2.88. The molecule has 6 heteroatoms. The van der Waals surface area contributed by atoms with E-state index in [1.54, 1.807) is 48.8 Å². The number of pyridine rings is 1. The fraction of sp³-hybridized carbons (Fsp3) is 0.0625. The number of ketones is 1. The number of aromatic hydroxyl groups is 1. The molecule has 0 spiro atoms. The number of carbonyl (C=O) groups excluding carboxylic acids is 2. The number of nitrogens with one attached hydrogen (secondary N) is 2. The third-order valence-electron chi connectivity index (χ3n) is 3.30. The number of amides is 1. The first-order chi connectivity index (χ1) is 10.7. The molecule has 0 unspecified atom stereocenters. The molecule has 0 aliphatic carbocycles. The lowest BCUT2D eigenvalue weighted by Gasteiger charge is -2.04. The topological polar surface area (TPSA) is 95.1 Å². The number of nitrogens with zero attached hydrogens (tertiary/aromatic N) is 1. The molecule has 22 heavy (non-hydrogen) atoms. The van der Waals surface area contributed by atoms with E-state index in [4.69, 9.17) is 0 Å². The first-order valence-electron chi connectivity index (χ1n) is 6.68. The van der Waals surface area contributed by atoms with Crippen LogP contribution in [0, 0.1) is 0 Å². The zero-order valence-electron chi connectivity index (χ0n) is 11.5. The molecule has 6 nitrogen and oxygen atoms in total. The molecule has 1 aromatic carbocycles. The first kappa shape index (κ1) is 13.8. The highest BCUT2D eigenvalue weighted by Gasteiger charge is 2.24. The lowest BCUT2D eigenvalue weighted by atomic mass is 10.1. The number of fused-ring (bicyclic) bond motifs is 1. The van der Waals surface area contributed by atoms with Crippen LogP contribution in [0.25, 0.3) is 10.9 Å². The third-order valence-corrected chi connectivity index (χ3v) is 3.30. The van der Waals surface area contributed by atoms with Crippen molar-refractivity contribution in [3.63, 3.8) is 0 Å². The van der Waals surface area contributed by atoms with Crippen molar-refractivity contribution in [1.82, 2.24) is 15.3 Å². The van der Waals surface area contributed by atoms with Gasteiger partial charge in [0.2, 0.25) is 5.88 Å². The Bertz CT molecular complexity index is 840. The van der Waals surface area contributed by atoms with Gasteiger partial charge < -0.3 is 15.4 Å². The summed E-state index contributed by atoms with van der Waals surface area (Å²) in [5.41, 5.74) is 1.37. The SMILES string of the molecule is O=C(NCc1cccnc1)C(=O)c1c(O)[nH]c2ccccc12. The number of aromatic nitrogens is 2. The summed E-state index contributed by atoms with van der Waals surface area (Å²) in [4.78, 5) is 30.9. The van der Waals surface area contributed by atoms with Gasteiger partial charge >= 0.3 is 0 Å². The Morgan fingerprint density at radius 2 is 2.00 bits per heavy atom. The van der Waals surface area contributed by atoms with Crippen LogP contribution in [0.3, 0.4) is 0 Å². The minimum absolute atomic E-state index is 0.0145. The number of H-pyrrole nitrogens is 1. The van der Waals surface area contributed by atoms with Crippen LogP contribution in [0.5, 0.6) is 5.88 Å². The second-order valence-corrected chi connectivity index (χ2v) is 4.77. The molecule has 3 aromatic rings. The highest BCUT2D eigenvalue weighted by Crippen LogP contribution is 2.27. The molecule has 0 aliphatic heterocycles. The van der Waals surface area contributed by atoms with Crippen LogP contribution in [0.4, 0.5) is 0 Å². The molecule has 110 valence electrons. The first-order valence-corrected chi connectivity index (χ1v) is 6.68. The van der Waals surface area contributed by atoms with Crippen LogP contribution in [0.1, 0.15) is 15.9 Å². The van der Waals surface area contributed by atoms with Crippen LogP contribution < -0.4 is 5.32 Å². The molecule has 0 fully saturated rings. The second kappa shape index (κ2) is 5.69. The van der Waals surface area contributed by atoms with E-state index in [1.807, 2.05) is 0 Å². The second-order valence-electron chi connectivity index (χ2n) is 4.77. The fourth-order valence-corrected chi connectivity index (χ4v) is 2.24. The van der Waals surface area contributed by atoms with E-state index in [-0.39, 0.29) is 18.0 Å². The molecule has 0 saturated carbocycles. The lowest BCUT2D eigenvalue weighted by molar-refractivity contribution is -0.117. The van der Waals surface area contributed by atoms with Crippen LogP contribution in [-0.2, 0) is 11.3 Å². The maximum Gasteiger partial charge on any atom is 0.292 e. The Kier molecular flexibility index (Phi) is 3.57. The monoisotopic (exact) mass is 295 g/mol. The highest BCUT2D eigenvalue weighted by atomic mass is 16.3. The molecule has 0 atom stereocenters. The van der Waals surface area contributed by atoms with Gasteiger partial charge in [0.1, 0.15) is 0 Å². The molecule has 0 radical (unpaired) electrons. The number of Topliss-reactive ketones (excluding diaryl/α,β-unsaturated/α-hetero) is 1. The van der Waals surface area contributed by atoms with Crippen molar-refractivity contribution in [3.05, 3.63) is 59.9 Å². The van der Waals surface area contributed by atoms with E-state index in [0.717, 1.165) is 5.56 Å². The van der Waals surface area contributed by atoms with Crippen molar-refractivity contribution in [1.29, 1.82) is 0 Å². The predicted molar refractivity (Wildman–Crippen MR) is 80.4 cm³/mol. The summed E-state index contributed by atoms with van der Waals surface area (Å²) in [6.45, 7) is 0.196. The maximum absolute atomic E-state index is 12.3. The summed E-state index contributed by atoms with van der Waals surface area (Å²) in [7, 11) is 0. The quantitative estimate of drug-likeness (QED) is 0.505. The van der Waals surface area contributed by atoms with Gasteiger partial charge in [0.05, 0.1) is 5.56 Å². The van der Waals surface area contributed by atoms with E-state index in [2.05, 4.69) is 15.3 Å². The zero-order valence-corrected chi connectivity index (χ0v) is 11.5. The van der Waals surface area contributed by atoms with Crippen molar-refractivity contribution >= 4 is 22.6 Å². The van der Waals surface area contributed by atoms with E-state index in [9.17, 15) is 14.7 Å². The van der Waals surface area contributed by atoms with E-state index < -0.39 is 11.7 Å². The largest absolute Gasteiger partial charge is 0.494 e. The number of rotatable bonds is 4. The van der Waals surface area contributed by atoms with Crippen LogP contribution in [0.15, 0.2) is 48.8 Å². The van der Waals surface area contributed by atoms with Gasteiger partial charge in [-0.15, -0.1) is 0 Å². The molecular weight excluding hydrogens is 282 g/mol. The molecule has 0 aliphatic rings. The minimum Gasteiger partial charge on any atom is -0.494 e. The Morgan fingerprint density at radius 1 is 1.18 bits per heavy atom. The molecule has 2 heterocycles. The third kappa shape index (κ3) is 2.54. The Morgan fingerprint density at radius 3 is 2.77 bits per heavy atom. The standard InChI is InChI=1S/C16H13N3O3/c20-14(16(22)18-9-10-4-3-7-17-8-10)13-11-5-1-2-6-12(11)19-15(13)21/h1-8,19,21H,9H2,(H,18,22). The summed E-state index contributed by atoms with van der Waals surface area (Å²) >= 11 is 0. The summed E-state index contributed by atoms with van der Waals surface area (Å²) in [5.74, 6) is -1.86. The van der Waals surface area contributed by atoms with Gasteiger partial charge in [0, 0.05) is 29.8 Å². The molecular formula is C16H13N3O3. The van der Waals surface area contributed by atoms with Crippen molar-refractivity contribution in [3.8, 4) is 5.88 Å². The predicted octanol–water partition coefficient (Wildman–Crippen LogP) is 1.77. The molecule has 0 bridgehead atoms. The smallest absolute Gasteiger partial charge is 0.292 e. The molecule has 2 aromatic heterocycles. The van der Waals surface area contributed by atoms with Gasteiger partial charge in [0.15, 0.2) is 0 Å². The van der Waals surface area contributed by atoms with Crippen LogP contribution in [0.2, 0.25) is 0 Å². The lowest BCUT2D eigenvalue weighted by Crippen LogP contribution is -2.30. The van der Waals surface area contributed by atoms with Gasteiger partial charge in [-0.2, -0.15) is 0 Å². The van der Waals surface area contributed by atoms with E-state index in [0.29, 0.717) is 10.9 Å². The van der Waals surface area contributed by atoms with Gasteiger partial charge in [-0.25, -0.2) is 0 Å². The highest BCUT2D eigenvalue weighted by molar-refractivity contribution is 6.45. The van der Waals surface area contributed by atoms with Crippen molar-refractivity contribution in [2.75, 3.05) is 0 Å². The molecule has 0 saturated heterocycles. The molecule has 3 N–H and O–H groups in total. The molecule has 1 amide bonds. The summed E-state index contributed by atoms with van der Waals surface area (Å²) in [6, 6.07) is 10.4. The van der Waals surface area contributed by atoms with Crippen LogP contribution in [-0.4, -0.2) is 26.8 Å². The van der Waals surface area contributed by atoms with Crippen molar-refractivity contribution in [2.45, 2.75) is 6.54 Å².